The number of rotatable bonds is 19. The summed E-state index contributed by atoms with van der Waals surface area (Å²) in [6.07, 6.45) is 9.81. The minimum Gasteiger partial charge on any atom is -0.482 e. The number of carboxylic acid groups (broad SMARTS) is 2. The number of carbonyl (C=O) groups excluding carboxylic acids is 1. The highest BCUT2D eigenvalue weighted by molar-refractivity contribution is 8.68. The van der Waals surface area contributed by atoms with E-state index in [1.165, 1.54) is 61.5 Å². The summed E-state index contributed by atoms with van der Waals surface area (Å²) in [6.45, 7) is 11.2. The molecule has 12 heteroatoms. The second-order valence-electron chi connectivity index (χ2n) is 14.4. The minimum absolute atomic E-state index is 0.137. The van der Waals surface area contributed by atoms with Crippen LogP contribution in [0.5, 0.6) is 5.75 Å². The molecule has 1 aromatic rings. The molecule has 47 heavy (non-hydrogen) atoms. The Bertz CT molecular complexity index is 1130. The largest absolute Gasteiger partial charge is 0.482 e. The number of aliphatic carboxylic acids is 1. The van der Waals surface area contributed by atoms with Crippen molar-refractivity contribution >= 4 is 40.4 Å². The number of unbranched alkanes of at least 4 members (excludes halogenated alkanes) is 2. The smallest absolute Gasteiger partial charge is 0.405 e. The second-order valence-corrected chi connectivity index (χ2v) is 15.7. The average molecular weight is 698 g/mol. The zero-order valence-corrected chi connectivity index (χ0v) is 30.7. The predicted octanol–water partition coefficient (Wildman–Crippen LogP) is 5.96. The molecule has 2 aliphatic rings. The van der Waals surface area contributed by atoms with Gasteiger partial charge in [-0.2, -0.15) is 0 Å². The molecule has 4 unspecified atom stereocenters. The van der Waals surface area contributed by atoms with Crippen molar-refractivity contribution in [3.05, 3.63) is 29.3 Å². The Kier molecular flexibility index (Phi) is 17.8. The molecule has 0 saturated heterocycles. The van der Waals surface area contributed by atoms with E-state index in [1.807, 2.05) is 12.1 Å². The van der Waals surface area contributed by atoms with Crippen molar-refractivity contribution in [3.8, 4) is 5.75 Å². The predicted molar refractivity (Wildman–Crippen MR) is 192 cm³/mol. The van der Waals surface area contributed by atoms with E-state index in [1.54, 1.807) is 0 Å². The fourth-order valence-electron chi connectivity index (χ4n) is 6.65. The van der Waals surface area contributed by atoms with Crippen LogP contribution in [0.4, 0.5) is 4.79 Å². The van der Waals surface area contributed by atoms with Crippen molar-refractivity contribution in [2.45, 2.75) is 110 Å². The third-order valence-corrected chi connectivity index (χ3v) is 10.6. The molecule has 0 spiro atoms. The van der Waals surface area contributed by atoms with Crippen LogP contribution in [0.1, 0.15) is 97.1 Å². The van der Waals surface area contributed by atoms with Gasteiger partial charge in [0, 0.05) is 25.4 Å². The van der Waals surface area contributed by atoms with Crippen LogP contribution in [0.25, 0.3) is 0 Å². The highest BCUT2D eigenvalue weighted by Gasteiger charge is 2.40. The standard InChI is InChI=1S/C23H34O4.C12H25N3O3S2/c1-2-3-4-7-19(24)12-11-16-9-10-18-14-21-17(13-20(16)18)6-5-8-22(21)27-15-23(25)26;1-11(2,8-20-19)7-13-5-6-14-9(16)12(3,4)15-10(17)18/h5-6,8,16,18-20,24H,2-4,7,9-15H2,1H3,(H,25,26);13,15,19H,5-8H2,1-4H3,(H,14,16)(H,17,18). The lowest BCUT2D eigenvalue weighted by Crippen LogP contribution is -2.55. The van der Waals surface area contributed by atoms with Gasteiger partial charge in [0.05, 0.1) is 6.10 Å². The molecule has 2 aliphatic carbocycles. The molecule has 1 aromatic carbocycles. The number of amides is 2. The number of carboxylic acids is 1. The van der Waals surface area contributed by atoms with Gasteiger partial charge in [0.25, 0.3) is 0 Å². The number of thiol groups is 1. The van der Waals surface area contributed by atoms with Crippen LogP contribution in [0, 0.1) is 23.2 Å². The summed E-state index contributed by atoms with van der Waals surface area (Å²) >= 11 is 4.14. The Labute approximate surface area is 290 Å². The Morgan fingerprint density at radius 2 is 1.81 bits per heavy atom. The minimum atomic E-state index is -1.21. The SMILES string of the molecule is CC(C)(CNCCNC(=O)C(C)(C)NC(=O)O)CSS.CCCCCC(O)CCC1CCC2Cc3c(cccc3OCC(=O)O)CC12. The Morgan fingerprint density at radius 1 is 1.06 bits per heavy atom. The van der Waals surface area contributed by atoms with Crippen LogP contribution in [-0.2, 0) is 22.4 Å². The normalized spacial score (nSPS) is 19.4. The lowest BCUT2D eigenvalue weighted by molar-refractivity contribution is -0.139. The molecule has 0 heterocycles. The fourth-order valence-corrected chi connectivity index (χ4v) is 8.15. The van der Waals surface area contributed by atoms with Crippen LogP contribution in [0.3, 0.4) is 0 Å². The monoisotopic (exact) mass is 697 g/mol. The molecule has 1 saturated carbocycles. The molecule has 0 aliphatic heterocycles. The zero-order chi connectivity index (χ0) is 35.0. The highest BCUT2D eigenvalue weighted by Crippen LogP contribution is 2.48. The summed E-state index contributed by atoms with van der Waals surface area (Å²) in [5.74, 6) is 2.51. The van der Waals surface area contributed by atoms with Crippen LogP contribution in [0.2, 0.25) is 0 Å². The van der Waals surface area contributed by atoms with Gasteiger partial charge in [0.2, 0.25) is 5.91 Å². The Balaban J connectivity index is 0.000000345. The maximum absolute atomic E-state index is 11.8. The van der Waals surface area contributed by atoms with Crippen LogP contribution in [-0.4, -0.2) is 76.9 Å². The van der Waals surface area contributed by atoms with Crippen LogP contribution >= 0.6 is 22.5 Å². The van der Waals surface area contributed by atoms with Gasteiger partial charge in [-0.1, -0.05) is 63.0 Å². The van der Waals surface area contributed by atoms with Crippen LogP contribution in [0.15, 0.2) is 18.2 Å². The number of hydrogen-bond acceptors (Lipinski definition) is 8. The number of aliphatic hydroxyl groups is 1. The van der Waals surface area contributed by atoms with E-state index in [2.05, 4.69) is 54.4 Å². The first kappa shape index (κ1) is 41.0. The molecule has 4 atom stereocenters. The molecule has 268 valence electrons. The van der Waals surface area contributed by atoms with E-state index >= 15 is 0 Å². The van der Waals surface area contributed by atoms with Gasteiger partial charge in [-0.05, 0) is 99.2 Å². The highest BCUT2D eigenvalue weighted by atomic mass is 33.1. The van der Waals surface area contributed by atoms with Crippen molar-refractivity contribution < 1.29 is 34.4 Å². The number of fused-ring (bicyclic) bond motifs is 2. The Hall–Kier alpha value is -2.15. The average Bonchev–Trinajstić information content (AvgIpc) is 3.39. The van der Waals surface area contributed by atoms with E-state index in [4.69, 9.17) is 14.9 Å². The van der Waals surface area contributed by atoms with Crippen molar-refractivity contribution in [3.63, 3.8) is 0 Å². The van der Waals surface area contributed by atoms with Gasteiger partial charge in [-0.15, -0.1) is 11.7 Å². The summed E-state index contributed by atoms with van der Waals surface area (Å²) in [4.78, 5) is 33.2. The van der Waals surface area contributed by atoms with Crippen molar-refractivity contribution in [2.24, 2.45) is 23.2 Å². The maximum atomic E-state index is 11.8. The first-order valence-corrected chi connectivity index (χ1v) is 19.1. The van der Waals surface area contributed by atoms with E-state index in [0.717, 1.165) is 56.6 Å². The number of ether oxygens (including phenoxy) is 1. The number of aliphatic hydroxyl groups excluding tert-OH is 1. The van der Waals surface area contributed by atoms with Crippen LogP contribution < -0.4 is 20.7 Å². The molecule has 3 rings (SSSR count). The van der Waals surface area contributed by atoms with Gasteiger partial charge in [0.15, 0.2) is 6.61 Å². The van der Waals surface area contributed by atoms with Crippen molar-refractivity contribution in [1.29, 1.82) is 0 Å². The van der Waals surface area contributed by atoms with E-state index < -0.39 is 17.6 Å². The van der Waals surface area contributed by atoms with Gasteiger partial charge < -0.3 is 36.0 Å². The Morgan fingerprint density at radius 3 is 2.47 bits per heavy atom. The van der Waals surface area contributed by atoms with Crippen molar-refractivity contribution in [1.82, 2.24) is 16.0 Å². The summed E-state index contributed by atoms with van der Waals surface area (Å²) in [5, 5.41) is 35.9. The molecule has 6 N–H and O–H groups in total. The molecule has 1 fully saturated rings. The molecule has 2 amide bonds. The number of hydrogen-bond donors (Lipinski definition) is 7. The molecule has 0 bridgehead atoms. The summed E-state index contributed by atoms with van der Waals surface area (Å²) in [6, 6.07) is 6.06. The van der Waals surface area contributed by atoms with Gasteiger partial charge >= 0.3 is 12.1 Å². The first-order chi connectivity index (χ1) is 22.2. The molecular weight excluding hydrogens is 639 g/mol. The lowest BCUT2D eigenvalue weighted by Gasteiger charge is -2.32. The number of benzene rings is 1. The summed E-state index contributed by atoms with van der Waals surface area (Å²) in [7, 11) is 1.51. The summed E-state index contributed by atoms with van der Waals surface area (Å²) < 4.78 is 5.53. The van der Waals surface area contributed by atoms with Crippen molar-refractivity contribution in [2.75, 3.05) is 32.0 Å². The van der Waals surface area contributed by atoms with E-state index in [-0.39, 0.29) is 24.0 Å². The lowest BCUT2D eigenvalue weighted by atomic mass is 9.73. The molecular formula is C35H59N3O7S2. The van der Waals surface area contributed by atoms with E-state index in [9.17, 15) is 19.5 Å². The third-order valence-electron chi connectivity index (χ3n) is 9.27. The topological polar surface area (TPSA) is 157 Å². The second kappa shape index (κ2) is 20.4. The molecule has 0 aromatic heterocycles. The van der Waals surface area contributed by atoms with E-state index in [0.29, 0.717) is 30.8 Å². The fraction of sp³-hybridized carbons (Fsp3) is 0.743. The van der Waals surface area contributed by atoms with Gasteiger partial charge in [0.1, 0.15) is 11.3 Å². The maximum Gasteiger partial charge on any atom is 0.405 e. The first-order valence-electron chi connectivity index (χ1n) is 17.1. The quantitative estimate of drug-likeness (QED) is 0.0527. The molecule has 0 radical (unpaired) electrons. The molecule has 10 nitrogen and oxygen atoms in total. The number of nitrogens with one attached hydrogen (secondary N) is 3. The van der Waals surface area contributed by atoms with Gasteiger partial charge in [-0.25, -0.2) is 9.59 Å². The third kappa shape index (κ3) is 14.9. The van der Waals surface area contributed by atoms with Gasteiger partial charge in [-0.3, -0.25) is 4.79 Å². The zero-order valence-electron chi connectivity index (χ0n) is 29.0. The number of carbonyl (C=O) groups is 3. The summed E-state index contributed by atoms with van der Waals surface area (Å²) in [5.41, 5.74) is 1.56.